The maximum absolute atomic E-state index is 11.9. The van der Waals surface area contributed by atoms with E-state index in [9.17, 15) is 9.59 Å². The SMILES string of the molecule is CCCC(CCC)(C(=O)CC)C(=O)OC. The number of esters is 1. The van der Waals surface area contributed by atoms with Gasteiger partial charge in [-0.15, -0.1) is 0 Å². The number of methoxy groups -OCH3 is 1. The zero-order valence-corrected chi connectivity index (χ0v) is 10.3. The third-order valence-corrected chi connectivity index (χ3v) is 2.78. The summed E-state index contributed by atoms with van der Waals surface area (Å²) in [6, 6.07) is 0. The first-order chi connectivity index (χ1) is 7.08. The number of rotatable bonds is 7. The molecular weight excluding hydrogens is 192 g/mol. The average Bonchev–Trinajstić information content (AvgIpc) is 2.26. The van der Waals surface area contributed by atoms with Crippen molar-refractivity contribution in [2.45, 2.75) is 52.9 Å². The molecule has 0 aliphatic carbocycles. The molecule has 0 aliphatic rings. The van der Waals surface area contributed by atoms with Gasteiger partial charge in [0.05, 0.1) is 7.11 Å². The minimum Gasteiger partial charge on any atom is -0.468 e. The molecule has 0 heterocycles. The monoisotopic (exact) mass is 214 g/mol. The molecular formula is C12H22O3. The molecule has 0 saturated carbocycles. The van der Waals surface area contributed by atoms with Gasteiger partial charge in [0.15, 0.2) is 0 Å². The molecule has 3 nitrogen and oxygen atoms in total. The standard InChI is InChI=1S/C12H22O3/c1-5-8-12(9-6-2,10(13)7-3)11(14)15-4/h5-9H2,1-4H3. The van der Waals surface area contributed by atoms with E-state index in [1.165, 1.54) is 7.11 Å². The van der Waals surface area contributed by atoms with E-state index in [4.69, 9.17) is 4.74 Å². The fraction of sp³-hybridized carbons (Fsp3) is 0.833. The molecule has 0 fully saturated rings. The van der Waals surface area contributed by atoms with Crippen LogP contribution in [-0.2, 0) is 14.3 Å². The van der Waals surface area contributed by atoms with Gasteiger partial charge in [-0.3, -0.25) is 9.59 Å². The molecule has 0 rings (SSSR count). The van der Waals surface area contributed by atoms with Crippen LogP contribution in [0.3, 0.4) is 0 Å². The summed E-state index contributed by atoms with van der Waals surface area (Å²) in [4.78, 5) is 23.7. The first-order valence-corrected chi connectivity index (χ1v) is 5.70. The molecule has 0 spiro atoms. The van der Waals surface area contributed by atoms with Gasteiger partial charge in [-0.1, -0.05) is 33.6 Å². The Morgan fingerprint density at radius 3 is 1.80 bits per heavy atom. The summed E-state index contributed by atoms with van der Waals surface area (Å²) in [5, 5.41) is 0. The highest BCUT2D eigenvalue weighted by Crippen LogP contribution is 2.33. The fourth-order valence-electron chi connectivity index (χ4n) is 2.11. The second kappa shape index (κ2) is 6.59. The van der Waals surface area contributed by atoms with Crippen molar-refractivity contribution < 1.29 is 14.3 Å². The van der Waals surface area contributed by atoms with Crippen LogP contribution in [0.2, 0.25) is 0 Å². The van der Waals surface area contributed by atoms with E-state index >= 15 is 0 Å². The van der Waals surface area contributed by atoms with Crippen molar-refractivity contribution in [3.05, 3.63) is 0 Å². The van der Waals surface area contributed by atoms with Gasteiger partial charge in [0, 0.05) is 6.42 Å². The van der Waals surface area contributed by atoms with Crippen LogP contribution < -0.4 is 0 Å². The highest BCUT2D eigenvalue weighted by molar-refractivity contribution is 6.03. The van der Waals surface area contributed by atoms with Crippen molar-refractivity contribution in [2.24, 2.45) is 5.41 Å². The predicted octanol–water partition coefficient (Wildman–Crippen LogP) is 2.73. The van der Waals surface area contributed by atoms with Gasteiger partial charge in [0.25, 0.3) is 0 Å². The van der Waals surface area contributed by atoms with Crippen molar-refractivity contribution >= 4 is 11.8 Å². The van der Waals surface area contributed by atoms with Crippen molar-refractivity contribution in [3.8, 4) is 0 Å². The van der Waals surface area contributed by atoms with Gasteiger partial charge in [-0.05, 0) is 12.8 Å². The summed E-state index contributed by atoms with van der Waals surface area (Å²) in [6.07, 6.45) is 3.23. The van der Waals surface area contributed by atoms with Gasteiger partial charge in [-0.25, -0.2) is 0 Å². The lowest BCUT2D eigenvalue weighted by Gasteiger charge is -2.28. The van der Waals surface area contributed by atoms with Crippen LogP contribution in [0.15, 0.2) is 0 Å². The Labute approximate surface area is 92.2 Å². The molecule has 0 aromatic heterocycles. The molecule has 0 aromatic rings. The Hall–Kier alpha value is -0.860. The van der Waals surface area contributed by atoms with E-state index in [1.807, 2.05) is 13.8 Å². The molecule has 15 heavy (non-hydrogen) atoms. The molecule has 3 heteroatoms. The number of Topliss-reactive ketones (excluding diaryl/α,β-unsaturated/α-hetero) is 1. The van der Waals surface area contributed by atoms with E-state index in [0.717, 1.165) is 12.8 Å². The number of carbonyl (C=O) groups is 2. The summed E-state index contributed by atoms with van der Waals surface area (Å²) in [7, 11) is 1.35. The maximum atomic E-state index is 11.9. The van der Waals surface area contributed by atoms with Gasteiger partial charge in [0.1, 0.15) is 11.2 Å². The van der Waals surface area contributed by atoms with Gasteiger partial charge in [-0.2, -0.15) is 0 Å². The second-order valence-electron chi connectivity index (χ2n) is 3.85. The van der Waals surface area contributed by atoms with E-state index in [2.05, 4.69) is 0 Å². The minimum atomic E-state index is -0.882. The van der Waals surface area contributed by atoms with E-state index in [-0.39, 0.29) is 11.8 Å². The molecule has 0 aromatic carbocycles. The van der Waals surface area contributed by atoms with Crippen molar-refractivity contribution in [3.63, 3.8) is 0 Å². The van der Waals surface area contributed by atoms with Crippen LogP contribution in [0.4, 0.5) is 0 Å². The lowest BCUT2D eigenvalue weighted by atomic mass is 9.74. The number of hydrogen-bond acceptors (Lipinski definition) is 3. The molecule has 0 unspecified atom stereocenters. The minimum absolute atomic E-state index is 0.0121. The summed E-state index contributed by atoms with van der Waals surface area (Å²) in [5.41, 5.74) is -0.882. The maximum Gasteiger partial charge on any atom is 0.319 e. The predicted molar refractivity (Wildman–Crippen MR) is 59.6 cm³/mol. The van der Waals surface area contributed by atoms with Crippen LogP contribution in [0.1, 0.15) is 52.9 Å². The van der Waals surface area contributed by atoms with Crippen molar-refractivity contribution in [1.82, 2.24) is 0 Å². The lowest BCUT2D eigenvalue weighted by molar-refractivity contribution is -0.159. The molecule has 0 saturated heterocycles. The largest absolute Gasteiger partial charge is 0.468 e. The summed E-state index contributed by atoms with van der Waals surface area (Å²) in [5.74, 6) is -0.351. The normalized spacial score (nSPS) is 11.2. The molecule has 0 N–H and O–H groups in total. The first-order valence-electron chi connectivity index (χ1n) is 5.70. The molecule has 0 aliphatic heterocycles. The average molecular weight is 214 g/mol. The molecule has 0 amide bonds. The number of carbonyl (C=O) groups excluding carboxylic acids is 2. The van der Waals surface area contributed by atoms with E-state index in [0.29, 0.717) is 19.3 Å². The van der Waals surface area contributed by atoms with Crippen LogP contribution in [0.25, 0.3) is 0 Å². The molecule has 0 bridgehead atoms. The topological polar surface area (TPSA) is 43.4 Å². The fourth-order valence-corrected chi connectivity index (χ4v) is 2.11. The summed E-state index contributed by atoms with van der Waals surface area (Å²) >= 11 is 0. The third-order valence-electron chi connectivity index (χ3n) is 2.78. The van der Waals surface area contributed by atoms with E-state index in [1.54, 1.807) is 6.92 Å². The lowest BCUT2D eigenvalue weighted by Crippen LogP contribution is -2.40. The Morgan fingerprint density at radius 2 is 1.53 bits per heavy atom. The zero-order chi connectivity index (χ0) is 11.9. The molecule has 0 radical (unpaired) electrons. The van der Waals surface area contributed by atoms with E-state index < -0.39 is 5.41 Å². The Kier molecular flexibility index (Phi) is 6.21. The van der Waals surface area contributed by atoms with Crippen LogP contribution in [-0.4, -0.2) is 18.9 Å². The Morgan fingerprint density at radius 1 is 1.07 bits per heavy atom. The van der Waals surface area contributed by atoms with Crippen LogP contribution >= 0.6 is 0 Å². The quantitative estimate of drug-likeness (QED) is 0.483. The van der Waals surface area contributed by atoms with Gasteiger partial charge >= 0.3 is 5.97 Å². The zero-order valence-electron chi connectivity index (χ0n) is 10.3. The van der Waals surface area contributed by atoms with Gasteiger partial charge < -0.3 is 4.74 Å². The number of ether oxygens (including phenoxy) is 1. The Bertz CT molecular complexity index is 197. The second-order valence-corrected chi connectivity index (χ2v) is 3.85. The van der Waals surface area contributed by atoms with Crippen molar-refractivity contribution in [2.75, 3.05) is 7.11 Å². The van der Waals surface area contributed by atoms with Gasteiger partial charge in [0.2, 0.25) is 0 Å². The van der Waals surface area contributed by atoms with Crippen molar-refractivity contribution in [1.29, 1.82) is 0 Å². The smallest absolute Gasteiger partial charge is 0.319 e. The summed E-state index contributed by atoms with van der Waals surface area (Å²) < 4.78 is 4.78. The number of ketones is 1. The number of hydrogen-bond donors (Lipinski definition) is 0. The Balaban J connectivity index is 5.05. The molecule has 0 atom stereocenters. The summed E-state index contributed by atoms with van der Waals surface area (Å²) in [6.45, 7) is 5.76. The highest BCUT2D eigenvalue weighted by Gasteiger charge is 2.43. The highest BCUT2D eigenvalue weighted by atomic mass is 16.5. The van der Waals surface area contributed by atoms with Crippen LogP contribution in [0, 0.1) is 5.41 Å². The molecule has 88 valence electrons. The third kappa shape index (κ3) is 3.05. The van der Waals surface area contributed by atoms with Crippen LogP contribution in [0.5, 0.6) is 0 Å². The first kappa shape index (κ1) is 14.1.